The van der Waals surface area contributed by atoms with Crippen molar-refractivity contribution in [1.29, 1.82) is 0 Å². The largest absolute Gasteiger partial charge is 0.458 e. The smallest absolute Gasteiger partial charge is 0.325 e. The number of likely N-dealkylation sites (N-methyl/N-ethyl adjacent to an activating group) is 1. The lowest BCUT2D eigenvalue weighted by Gasteiger charge is -2.25. The first-order valence-electron chi connectivity index (χ1n) is 10.8. The van der Waals surface area contributed by atoms with Crippen LogP contribution in [0.15, 0.2) is 77.2 Å². The molecule has 1 atom stereocenters. The number of fused-ring (bicyclic) bond motifs is 2. The maximum Gasteiger partial charge on any atom is 0.325 e. The van der Waals surface area contributed by atoms with Gasteiger partial charge in [-0.3, -0.25) is 14.5 Å². The molecule has 2 heterocycles. The Morgan fingerprint density at radius 1 is 1.00 bits per heavy atom. The van der Waals surface area contributed by atoms with Gasteiger partial charge in [-0.2, -0.15) is 0 Å². The summed E-state index contributed by atoms with van der Waals surface area (Å²) in [6.07, 6.45) is 0. The molecule has 1 fully saturated rings. The lowest BCUT2D eigenvalue weighted by molar-refractivity contribution is -0.134. The number of nitrogens with zero attached hydrogens (tertiary/aromatic N) is 2. The monoisotopic (exact) mass is 441 g/mol. The van der Waals surface area contributed by atoms with Crippen molar-refractivity contribution in [3.63, 3.8) is 0 Å². The molecule has 5 rings (SSSR count). The second kappa shape index (κ2) is 7.78. The molecule has 1 unspecified atom stereocenters. The molecule has 1 aromatic heterocycles. The van der Waals surface area contributed by atoms with Crippen LogP contribution in [0.1, 0.15) is 19.6 Å². The van der Waals surface area contributed by atoms with Crippen LogP contribution in [0.5, 0.6) is 0 Å². The van der Waals surface area contributed by atoms with Crippen LogP contribution in [-0.2, 0) is 15.1 Å². The second-order valence-electron chi connectivity index (χ2n) is 8.23. The Hall–Kier alpha value is -4.13. The van der Waals surface area contributed by atoms with Crippen LogP contribution in [0.25, 0.3) is 21.7 Å². The van der Waals surface area contributed by atoms with Gasteiger partial charge in [0.05, 0.1) is 5.69 Å². The molecule has 4 aromatic rings. The van der Waals surface area contributed by atoms with Gasteiger partial charge in [-0.15, -0.1) is 0 Å². The number of hydrogen-bond donors (Lipinski definition) is 1. The Balaban J connectivity index is 1.43. The summed E-state index contributed by atoms with van der Waals surface area (Å²) in [6.45, 7) is 3.50. The lowest BCUT2D eigenvalue weighted by Crippen LogP contribution is -2.44. The Labute approximate surface area is 190 Å². The van der Waals surface area contributed by atoms with Gasteiger partial charge >= 0.3 is 6.03 Å². The van der Waals surface area contributed by atoms with E-state index in [9.17, 15) is 14.4 Å². The molecule has 0 radical (unpaired) electrons. The third kappa shape index (κ3) is 3.33. The van der Waals surface area contributed by atoms with Gasteiger partial charge in [0.1, 0.15) is 17.9 Å². The molecule has 0 aliphatic carbocycles. The first-order valence-corrected chi connectivity index (χ1v) is 10.8. The van der Waals surface area contributed by atoms with E-state index >= 15 is 0 Å². The topological polar surface area (TPSA) is 82.9 Å². The average molecular weight is 441 g/mol. The summed E-state index contributed by atoms with van der Waals surface area (Å²) >= 11 is 0. The Morgan fingerprint density at radius 3 is 2.45 bits per heavy atom. The van der Waals surface area contributed by atoms with Crippen molar-refractivity contribution in [2.24, 2.45) is 0 Å². The molecule has 166 valence electrons. The number of carbonyl (C=O) groups excluding carboxylic acids is 3. The van der Waals surface area contributed by atoms with Crippen molar-refractivity contribution in [1.82, 2.24) is 10.2 Å². The first-order chi connectivity index (χ1) is 15.9. The maximum absolute atomic E-state index is 13.3. The standard InChI is InChI=1S/C26H23N3O4/c1-3-28(20-13-8-11-17-9-4-6-12-19(17)20)23(30)16-29-24(31)26(2,27-25(29)32)22-15-18-10-5-7-14-21(18)33-22/h4-15H,3,16H2,1-2H3,(H,27,32). The van der Waals surface area contributed by atoms with Gasteiger partial charge in [-0.25, -0.2) is 4.79 Å². The minimum atomic E-state index is -1.38. The van der Waals surface area contributed by atoms with E-state index in [1.54, 1.807) is 24.0 Å². The number of amides is 4. The fourth-order valence-corrected chi connectivity index (χ4v) is 4.38. The fourth-order valence-electron chi connectivity index (χ4n) is 4.38. The minimum Gasteiger partial charge on any atom is -0.458 e. The summed E-state index contributed by atoms with van der Waals surface area (Å²) in [4.78, 5) is 41.9. The molecular formula is C26H23N3O4. The summed E-state index contributed by atoms with van der Waals surface area (Å²) in [5, 5.41) is 5.48. The zero-order chi connectivity index (χ0) is 23.2. The van der Waals surface area contributed by atoms with Crippen molar-refractivity contribution in [3.05, 3.63) is 78.6 Å². The highest BCUT2D eigenvalue weighted by molar-refractivity contribution is 6.11. The number of rotatable bonds is 5. The Kier molecular flexibility index (Phi) is 4.89. The van der Waals surface area contributed by atoms with Crippen LogP contribution in [0.4, 0.5) is 10.5 Å². The van der Waals surface area contributed by atoms with Gasteiger partial charge in [-0.05, 0) is 37.4 Å². The number of nitrogens with one attached hydrogen (secondary N) is 1. The first kappa shape index (κ1) is 20.8. The highest BCUT2D eigenvalue weighted by atomic mass is 16.3. The molecule has 1 aliphatic rings. The van der Waals surface area contributed by atoms with Crippen LogP contribution in [-0.4, -0.2) is 35.8 Å². The van der Waals surface area contributed by atoms with Crippen molar-refractivity contribution >= 4 is 45.3 Å². The van der Waals surface area contributed by atoms with Gasteiger partial charge in [0.2, 0.25) is 5.91 Å². The molecule has 4 amide bonds. The fraction of sp³-hybridized carbons (Fsp3) is 0.192. The molecule has 0 saturated carbocycles. The molecule has 0 bridgehead atoms. The van der Waals surface area contributed by atoms with Crippen LogP contribution < -0.4 is 10.2 Å². The number of benzene rings is 3. The van der Waals surface area contributed by atoms with Crippen molar-refractivity contribution < 1.29 is 18.8 Å². The summed E-state index contributed by atoms with van der Waals surface area (Å²) < 4.78 is 5.86. The zero-order valence-corrected chi connectivity index (χ0v) is 18.4. The quantitative estimate of drug-likeness (QED) is 0.465. The molecule has 1 aliphatic heterocycles. The molecule has 3 aromatic carbocycles. The molecular weight excluding hydrogens is 418 g/mol. The number of anilines is 1. The van der Waals surface area contributed by atoms with Crippen molar-refractivity contribution in [2.75, 3.05) is 18.0 Å². The van der Waals surface area contributed by atoms with Gasteiger partial charge in [0.25, 0.3) is 5.91 Å². The van der Waals surface area contributed by atoms with Crippen molar-refractivity contribution in [3.8, 4) is 0 Å². The lowest BCUT2D eigenvalue weighted by atomic mass is 9.99. The van der Waals surface area contributed by atoms with E-state index in [1.807, 2.05) is 67.6 Å². The molecule has 1 saturated heterocycles. The SMILES string of the molecule is CCN(C(=O)CN1C(=O)NC(C)(c2cc3ccccc3o2)C1=O)c1cccc2ccccc12. The van der Waals surface area contributed by atoms with Gasteiger partial charge in [-0.1, -0.05) is 54.6 Å². The van der Waals surface area contributed by atoms with E-state index in [4.69, 9.17) is 4.42 Å². The van der Waals surface area contributed by atoms with Crippen LogP contribution >= 0.6 is 0 Å². The molecule has 1 N–H and O–H groups in total. The predicted octanol–water partition coefficient (Wildman–Crippen LogP) is 4.41. The van der Waals surface area contributed by atoms with E-state index in [0.717, 1.165) is 26.7 Å². The molecule has 7 heteroatoms. The van der Waals surface area contributed by atoms with E-state index in [2.05, 4.69) is 5.32 Å². The van der Waals surface area contributed by atoms with E-state index in [-0.39, 0.29) is 12.5 Å². The summed E-state index contributed by atoms with van der Waals surface area (Å²) in [5.74, 6) is -0.529. The highest BCUT2D eigenvalue weighted by Crippen LogP contribution is 2.33. The molecule has 0 spiro atoms. The summed E-state index contributed by atoms with van der Waals surface area (Å²) in [5.41, 5.74) is -0.0153. The normalized spacial score (nSPS) is 18.2. The number of urea groups is 1. The average Bonchev–Trinajstić information content (AvgIpc) is 3.35. The third-order valence-corrected chi connectivity index (χ3v) is 6.16. The van der Waals surface area contributed by atoms with Crippen LogP contribution in [0, 0.1) is 0 Å². The molecule has 7 nitrogen and oxygen atoms in total. The minimum absolute atomic E-state index is 0.332. The van der Waals surface area contributed by atoms with Gasteiger partial charge in [0, 0.05) is 17.3 Å². The van der Waals surface area contributed by atoms with Crippen LogP contribution in [0.3, 0.4) is 0 Å². The number of furan rings is 1. The number of carbonyl (C=O) groups is 3. The van der Waals surface area contributed by atoms with E-state index in [0.29, 0.717) is 17.9 Å². The van der Waals surface area contributed by atoms with Crippen molar-refractivity contribution in [2.45, 2.75) is 19.4 Å². The maximum atomic E-state index is 13.3. The zero-order valence-electron chi connectivity index (χ0n) is 18.4. The highest BCUT2D eigenvalue weighted by Gasteiger charge is 2.52. The third-order valence-electron chi connectivity index (χ3n) is 6.16. The predicted molar refractivity (Wildman–Crippen MR) is 126 cm³/mol. The second-order valence-corrected chi connectivity index (χ2v) is 8.23. The Bertz CT molecular complexity index is 1370. The summed E-state index contributed by atoms with van der Waals surface area (Å²) in [7, 11) is 0. The molecule has 33 heavy (non-hydrogen) atoms. The number of hydrogen-bond acceptors (Lipinski definition) is 4. The summed E-state index contributed by atoms with van der Waals surface area (Å²) in [6, 6.07) is 22.0. The Morgan fingerprint density at radius 2 is 1.70 bits per heavy atom. The van der Waals surface area contributed by atoms with E-state index < -0.39 is 17.5 Å². The number of imide groups is 1. The van der Waals surface area contributed by atoms with Crippen LogP contribution in [0.2, 0.25) is 0 Å². The van der Waals surface area contributed by atoms with Gasteiger partial charge in [0.15, 0.2) is 5.54 Å². The van der Waals surface area contributed by atoms with Gasteiger partial charge < -0.3 is 14.6 Å². The van der Waals surface area contributed by atoms with E-state index in [1.165, 1.54) is 0 Å². The number of para-hydroxylation sites is 1.